The maximum atomic E-state index is 11.6. The van der Waals surface area contributed by atoms with Crippen LogP contribution in [0.2, 0.25) is 0 Å². The number of benzene rings is 3. The number of aromatic carboxylic acids is 1. The highest BCUT2D eigenvalue weighted by molar-refractivity contribution is 6.04. The average molecular weight is 393 g/mol. The summed E-state index contributed by atoms with van der Waals surface area (Å²) in [6.07, 6.45) is 0. The van der Waals surface area contributed by atoms with Crippen LogP contribution in [0.4, 0.5) is 11.4 Å². The third-order valence-electron chi connectivity index (χ3n) is 3.69. The molecule has 0 aliphatic carbocycles. The minimum atomic E-state index is -1.02. The molecule has 0 heterocycles. The van der Waals surface area contributed by atoms with Crippen LogP contribution in [0.5, 0.6) is 0 Å². The van der Waals surface area contributed by atoms with E-state index in [2.05, 4.69) is 4.99 Å². The number of carboxylic acids is 1. The van der Waals surface area contributed by atoms with Gasteiger partial charge in [0.05, 0.1) is 11.3 Å². The lowest BCUT2D eigenvalue weighted by Gasteiger charge is -2.11. The fourth-order valence-corrected chi connectivity index (χ4v) is 2.70. The molecule has 3 rings (SSSR count). The fraction of sp³-hybridized carbons (Fsp3) is 0. The summed E-state index contributed by atoms with van der Waals surface area (Å²) >= 11 is 0. The van der Waals surface area contributed by atoms with Crippen molar-refractivity contribution in [3.05, 3.63) is 60.2 Å². The lowest BCUT2D eigenvalue weighted by atomic mass is 9.94. The van der Waals surface area contributed by atoms with Gasteiger partial charge in [-0.25, -0.2) is 9.79 Å². The molecule has 0 bridgehead atoms. The topological polar surface area (TPSA) is 128 Å². The molecule has 0 amide bonds. The molecule has 0 aliphatic rings. The standard InChI is InChI=1S/C18H16N4O2.2ClH/c19-11-4-6-13-10(8-11)2-1-3-14(13)16-9-12(22-18(20)21)5-7-15(16)17(23)24;;/h1-9H,19H2,(H,23,24)(H4,20,21,22);2*1H. The Labute approximate surface area is 162 Å². The van der Waals surface area contributed by atoms with Gasteiger partial charge in [-0.2, -0.15) is 0 Å². The van der Waals surface area contributed by atoms with Gasteiger partial charge in [-0.05, 0) is 52.2 Å². The summed E-state index contributed by atoms with van der Waals surface area (Å²) in [7, 11) is 0. The Balaban J connectivity index is 0.00000169. The molecule has 3 aromatic carbocycles. The summed E-state index contributed by atoms with van der Waals surface area (Å²) in [5.41, 5.74) is 19.3. The quantitative estimate of drug-likeness (QED) is 0.307. The maximum Gasteiger partial charge on any atom is 0.336 e. The summed E-state index contributed by atoms with van der Waals surface area (Å²) in [5.74, 6) is -1.11. The molecule has 6 nitrogen and oxygen atoms in total. The van der Waals surface area contributed by atoms with Gasteiger partial charge in [0.2, 0.25) is 0 Å². The normalized spacial score (nSPS) is 9.69. The zero-order valence-corrected chi connectivity index (χ0v) is 15.2. The molecule has 0 fully saturated rings. The fourth-order valence-electron chi connectivity index (χ4n) is 2.70. The first-order valence-corrected chi connectivity index (χ1v) is 7.21. The molecule has 0 saturated heterocycles. The zero-order valence-electron chi connectivity index (χ0n) is 13.5. The van der Waals surface area contributed by atoms with Crippen molar-refractivity contribution in [2.45, 2.75) is 0 Å². The van der Waals surface area contributed by atoms with Crippen LogP contribution in [0.1, 0.15) is 10.4 Å². The van der Waals surface area contributed by atoms with Gasteiger partial charge in [0.1, 0.15) is 0 Å². The van der Waals surface area contributed by atoms with E-state index in [1.807, 2.05) is 30.3 Å². The Morgan fingerprint density at radius 1 is 0.923 bits per heavy atom. The summed E-state index contributed by atoms with van der Waals surface area (Å²) < 4.78 is 0. The minimum absolute atomic E-state index is 0. The first-order valence-electron chi connectivity index (χ1n) is 7.21. The van der Waals surface area contributed by atoms with Crippen LogP contribution in [0.15, 0.2) is 59.6 Å². The Bertz CT molecular complexity index is 986. The second-order valence-electron chi connectivity index (χ2n) is 5.36. The molecular weight excluding hydrogens is 375 g/mol. The number of fused-ring (bicyclic) bond motifs is 1. The van der Waals surface area contributed by atoms with Crippen LogP contribution in [-0.4, -0.2) is 17.0 Å². The molecule has 0 aromatic heterocycles. The second-order valence-corrected chi connectivity index (χ2v) is 5.36. The van der Waals surface area contributed by atoms with E-state index < -0.39 is 5.97 Å². The summed E-state index contributed by atoms with van der Waals surface area (Å²) in [6.45, 7) is 0. The predicted octanol–water partition coefficient (Wildman–Crippen LogP) is 3.54. The SMILES string of the molecule is Cl.Cl.NC(N)=Nc1ccc(C(=O)O)c(-c2cccc3cc(N)ccc23)c1. The van der Waals surface area contributed by atoms with Crippen LogP contribution in [0.25, 0.3) is 21.9 Å². The number of halogens is 2. The van der Waals surface area contributed by atoms with Crippen LogP contribution in [0, 0.1) is 0 Å². The van der Waals surface area contributed by atoms with Crippen molar-refractivity contribution in [1.82, 2.24) is 0 Å². The molecular formula is C18H18Cl2N4O2. The zero-order chi connectivity index (χ0) is 17.3. The number of nitrogens with two attached hydrogens (primary N) is 3. The van der Waals surface area contributed by atoms with E-state index in [1.54, 1.807) is 18.2 Å². The van der Waals surface area contributed by atoms with E-state index in [0.717, 1.165) is 16.3 Å². The number of hydrogen-bond acceptors (Lipinski definition) is 3. The van der Waals surface area contributed by atoms with Gasteiger partial charge in [0, 0.05) is 5.69 Å². The van der Waals surface area contributed by atoms with Gasteiger partial charge < -0.3 is 22.3 Å². The van der Waals surface area contributed by atoms with Crippen molar-refractivity contribution < 1.29 is 9.90 Å². The molecule has 8 heteroatoms. The first kappa shape index (κ1) is 21.1. The van der Waals surface area contributed by atoms with Gasteiger partial charge in [-0.3, -0.25) is 0 Å². The summed E-state index contributed by atoms with van der Waals surface area (Å²) in [4.78, 5) is 15.6. The molecule has 0 saturated carbocycles. The van der Waals surface area contributed by atoms with Gasteiger partial charge >= 0.3 is 5.97 Å². The number of guanidine groups is 1. The highest BCUT2D eigenvalue weighted by Gasteiger charge is 2.14. The van der Waals surface area contributed by atoms with Crippen LogP contribution < -0.4 is 17.2 Å². The molecule has 0 aliphatic heterocycles. The minimum Gasteiger partial charge on any atom is -0.478 e. The lowest BCUT2D eigenvalue weighted by Crippen LogP contribution is -2.21. The number of anilines is 1. The Hall–Kier alpha value is -2.96. The number of aliphatic imine (C=N–C) groups is 1. The molecule has 0 atom stereocenters. The highest BCUT2D eigenvalue weighted by atomic mass is 35.5. The number of hydrogen-bond donors (Lipinski definition) is 4. The number of nitrogens with zero attached hydrogens (tertiary/aromatic N) is 1. The smallest absolute Gasteiger partial charge is 0.336 e. The Morgan fingerprint density at radius 2 is 1.65 bits per heavy atom. The van der Waals surface area contributed by atoms with Crippen molar-refractivity contribution >= 4 is 58.9 Å². The summed E-state index contributed by atoms with van der Waals surface area (Å²) in [6, 6.07) is 15.9. The predicted molar refractivity (Wildman–Crippen MR) is 111 cm³/mol. The van der Waals surface area contributed by atoms with Gasteiger partial charge in [-0.1, -0.05) is 24.3 Å². The molecule has 0 spiro atoms. The van der Waals surface area contributed by atoms with Gasteiger partial charge in [0.25, 0.3) is 0 Å². The van der Waals surface area contributed by atoms with Crippen molar-refractivity contribution in [2.75, 3.05) is 5.73 Å². The van der Waals surface area contributed by atoms with Crippen LogP contribution in [0.3, 0.4) is 0 Å². The Morgan fingerprint density at radius 3 is 2.31 bits per heavy atom. The lowest BCUT2D eigenvalue weighted by molar-refractivity contribution is 0.0698. The first-order chi connectivity index (χ1) is 11.5. The van der Waals surface area contributed by atoms with Gasteiger partial charge in [0.15, 0.2) is 5.96 Å². The highest BCUT2D eigenvalue weighted by Crippen LogP contribution is 2.34. The molecule has 3 aromatic rings. The van der Waals surface area contributed by atoms with E-state index in [1.165, 1.54) is 6.07 Å². The van der Waals surface area contributed by atoms with Crippen molar-refractivity contribution in [2.24, 2.45) is 16.5 Å². The number of carbonyl (C=O) groups is 1. The third-order valence-corrected chi connectivity index (χ3v) is 3.69. The number of rotatable bonds is 3. The second kappa shape index (κ2) is 8.42. The average Bonchev–Trinajstić information content (AvgIpc) is 2.53. The molecule has 26 heavy (non-hydrogen) atoms. The number of nitrogen functional groups attached to an aromatic ring is 1. The van der Waals surface area contributed by atoms with Gasteiger partial charge in [-0.15, -0.1) is 24.8 Å². The molecule has 7 N–H and O–H groups in total. The van der Waals surface area contributed by atoms with E-state index in [0.29, 0.717) is 16.9 Å². The van der Waals surface area contributed by atoms with E-state index in [4.69, 9.17) is 17.2 Å². The molecule has 0 radical (unpaired) electrons. The van der Waals surface area contributed by atoms with E-state index in [9.17, 15) is 9.90 Å². The van der Waals surface area contributed by atoms with Crippen molar-refractivity contribution in [3.8, 4) is 11.1 Å². The van der Waals surface area contributed by atoms with E-state index >= 15 is 0 Å². The van der Waals surface area contributed by atoms with Crippen LogP contribution in [-0.2, 0) is 0 Å². The Kier molecular flexibility index (Phi) is 6.83. The summed E-state index contributed by atoms with van der Waals surface area (Å²) in [5, 5.41) is 11.3. The monoisotopic (exact) mass is 392 g/mol. The van der Waals surface area contributed by atoms with Crippen LogP contribution >= 0.6 is 24.8 Å². The maximum absolute atomic E-state index is 11.6. The van der Waals surface area contributed by atoms with Crippen molar-refractivity contribution in [1.29, 1.82) is 0 Å². The van der Waals surface area contributed by atoms with E-state index in [-0.39, 0.29) is 36.3 Å². The van der Waals surface area contributed by atoms with Crippen molar-refractivity contribution in [3.63, 3.8) is 0 Å². The largest absolute Gasteiger partial charge is 0.478 e. The number of carboxylic acid groups (broad SMARTS) is 1. The molecule has 0 unspecified atom stereocenters. The molecule has 136 valence electrons. The third kappa shape index (κ3) is 4.17.